The van der Waals surface area contributed by atoms with E-state index in [9.17, 15) is 33.9 Å². The number of hydrogen-bond acceptors (Lipinski definition) is 7. The highest BCUT2D eigenvalue weighted by atomic mass is 16.4. The molecule has 0 fully saturated rings. The Balaban J connectivity index is 5.50. The largest absolute Gasteiger partial charge is 0.481 e. The minimum atomic E-state index is -1.56. The van der Waals surface area contributed by atoms with Crippen LogP contribution in [0, 0.1) is 5.92 Å². The summed E-state index contributed by atoms with van der Waals surface area (Å²) >= 11 is 0. The lowest BCUT2D eigenvalue weighted by atomic mass is 9.97. The van der Waals surface area contributed by atoms with E-state index in [-0.39, 0.29) is 5.92 Å². The van der Waals surface area contributed by atoms with Crippen molar-refractivity contribution in [3.8, 4) is 0 Å². The molecule has 0 bridgehead atoms. The summed E-state index contributed by atoms with van der Waals surface area (Å²) in [7, 11) is 0. The maximum absolute atomic E-state index is 12.7. The fourth-order valence-corrected chi connectivity index (χ4v) is 2.46. The number of carbonyl (C=O) groups is 6. The van der Waals surface area contributed by atoms with E-state index in [1.54, 1.807) is 13.8 Å². The SMILES string of the molecule is CCC(C)C(NC(=O)C(C)N)C(=O)NC(CC(N)=O)C(=O)NC(CCC(=O)O)C(=O)O. The van der Waals surface area contributed by atoms with E-state index in [1.807, 2.05) is 0 Å². The first-order chi connectivity index (χ1) is 14.3. The van der Waals surface area contributed by atoms with Gasteiger partial charge in [-0.25, -0.2) is 4.79 Å². The fourth-order valence-electron chi connectivity index (χ4n) is 2.46. The normalized spacial score (nSPS) is 15.5. The van der Waals surface area contributed by atoms with Gasteiger partial charge in [-0.3, -0.25) is 24.0 Å². The highest BCUT2D eigenvalue weighted by molar-refractivity contribution is 5.96. The summed E-state index contributed by atoms with van der Waals surface area (Å²) in [4.78, 5) is 70.5. The molecule has 0 aromatic carbocycles. The molecule has 0 aliphatic carbocycles. The molecular weight excluding hydrogens is 414 g/mol. The molecule has 0 saturated heterocycles. The zero-order valence-corrected chi connectivity index (χ0v) is 17.7. The second-order valence-electron chi connectivity index (χ2n) is 7.22. The maximum Gasteiger partial charge on any atom is 0.326 e. The number of amides is 4. The molecule has 0 saturated carbocycles. The van der Waals surface area contributed by atoms with Gasteiger partial charge in [-0.1, -0.05) is 20.3 Å². The van der Waals surface area contributed by atoms with Crippen LogP contribution >= 0.6 is 0 Å². The van der Waals surface area contributed by atoms with Gasteiger partial charge in [-0.15, -0.1) is 0 Å². The molecule has 13 heteroatoms. The van der Waals surface area contributed by atoms with Gasteiger partial charge in [-0.05, 0) is 19.3 Å². The molecule has 4 amide bonds. The van der Waals surface area contributed by atoms with Crippen molar-refractivity contribution in [3.63, 3.8) is 0 Å². The summed E-state index contributed by atoms with van der Waals surface area (Å²) in [6.45, 7) is 4.88. The first-order valence-electron chi connectivity index (χ1n) is 9.69. The van der Waals surface area contributed by atoms with Gasteiger partial charge < -0.3 is 37.6 Å². The third-order valence-corrected chi connectivity index (χ3v) is 4.51. The fraction of sp³-hybridized carbons (Fsp3) is 0.667. The van der Waals surface area contributed by atoms with Crippen LogP contribution in [0.2, 0.25) is 0 Å². The lowest BCUT2D eigenvalue weighted by Gasteiger charge is -2.27. The van der Waals surface area contributed by atoms with Crippen LogP contribution in [0.15, 0.2) is 0 Å². The van der Waals surface area contributed by atoms with E-state index in [4.69, 9.17) is 16.6 Å². The molecule has 0 aliphatic rings. The summed E-state index contributed by atoms with van der Waals surface area (Å²) in [6.07, 6.45) is -1.09. The van der Waals surface area contributed by atoms with Crippen molar-refractivity contribution in [2.24, 2.45) is 17.4 Å². The van der Waals surface area contributed by atoms with Crippen LogP contribution in [0.4, 0.5) is 0 Å². The van der Waals surface area contributed by atoms with Crippen LogP contribution in [0.1, 0.15) is 46.5 Å². The van der Waals surface area contributed by atoms with Crippen molar-refractivity contribution in [3.05, 3.63) is 0 Å². The number of carboxylic acid groups (broad SMARTS) is 2. The summed E-state index contributed by atoms with van der Waals surface area (Å²) < 4.78 is 0. The Labute approximate surface area is 179 Å². The number of aliphatic carboxylic acids is 2. The number of rotatable bonds is 14. The molecule has 0 radical (unpaired) electrons. The molecule has 0 heterocycles. The predicted octanol–water partition coefficient (Wildman–Crippen LogP) is -2.34. The number of carbonyl (C=O) groups excluding carboxylic acids is 4. The topological polar surface area (TPSA) is 231 Å². The Morgan fingerprint density at radius 3 is 1.84 bits per heavy atom. The van der Waals surface area contributed by atoms with E-state index in [2.05, 4.69) is 16.0 Å². The van der Waals surface area contributed by atoms with Gasteiger partial charge in [-0.2, -0.15) is 0 Å². The minimum Gasteiger partial charge on any atom is -0.481 e. The first kappa shape index (κ1) is 27.8. The minimum absolute atomic E-state index is 0.359. The molecule has 0 aliphatic heterocycles. The highest BCUT2D eigenvalue weighted by Crippen LogP contribution is 2.09. The van der Waals surface area contributed by atoms with Gasteiger partial charge in [0.1, 0.15) is 18.1 Å². The molecule has 31 heavy (non-hydrogen) atoms. The van der Waals surface area contributed by atoms with Crippen LogP contribution in [-0.2, 0) is 28.8 Å². The van der Waals surface area contributed by atoms with E-state index >= 15 is 0 Å². The van der Waals surface area contributed by atoms with E-state index in [0.29, 0.717) is 6.42 Å². The molecule has 0 rings (SSSR count). The van der Waals surface area contributed by atoms with Gasteiger partial charge in [0.2, 0.25) is 23.6 Å². The predicted molar refractivity (Wildman–Crippen MR) is 107 cm³/mol. The molecule has 0 aromatic rings. The zero-order chi connectivity index (χ0) is 24.3. The van der Waals surface area contributed by atoms with Crippen LogP contribution in [0.25, 0.3) is 0 Å². The van der Waals surface area contributed by atoms with E-state index < -0.39 is 79.0 Å². The lowest BCUT2D eigenvalue weighted by Crippen LogP contribution is -2.59. The van der Waals surface area contributed by atoms with Crippen LogP contribution in [0.5, 0.6) is 0 Å². The Morgan fingerprint density at radius 2 is 1.42 bits per heavy atom. The molecule has 5 atom stereocenters. The molecule has 5 unspecified atom stereocenters. The Bertz CT molecular complexity index is 696. The standard InChI is InChI=1S/C18H31N5O8/c1-4-8(2)14(23-15(27)9(3)19)17(29)22-11(7-12(20)24)16(28)21-10(18(30)31)5-6-13(25)26/h8-11,14H,4-7,19H2,1-3H3,(H2,20,24)(H,21,28)(H,22,29)(H,23,27)(H,25,26)(H,30,31). The average molecular weight is 445 g/mol. The van der Waals surface area contributed by atoms with Gasteiger partial charge in [0.25, 0.3) is 0 Å². The Hall–Kier alpha value is -3.22. The number of hydrogen-bond donors (Lipinski definition) is 7. The number of nitrogens with one attached hydrogen (secondary N) is 3. The second kappa shape index (κ2) is 13.2. The molecule has 0 spiro atoms. The lowest BCUT2D eigenvalue weighted by molar-refractivity contribution is -0.143. The van der Waals surface area contributed by atoms with E-state index in [1.165, 1.54) is 6.92 Å². The van der Waals surface area contributed by atoms with Crippen LogP contribution < -0.4 is 27.4 Å². The number of primary amides is 1. The average Bonchev–Trinajstić information content (AvgIpc) is 2.66. The molecular formula is C18H31N5O8. The Morgan fingerprint density at radius 1 is 0.871 bits per heavy atom. The van der Waals surface area contributed by atoms with Gasteiger partial charge in [0, 0.05) is 6.42 Å². The second-order valence-corrected chi connectivity index (χ2v) is 7.22. The van der Waals surface area contributed by atoms with E-state index in [0.717, 1.165) is 0 Å². The Kier molecular flexibility index (Phi) is 11.8. The third kappa shape index (κ3) is 10.4. The quantitative estimate of drug-likeness (QED) is 0.151. The summed E-state index contributed by atoms with van der Waals surface area (Å²) in [5, 5.41) is 24.7. The first-order valence-corrected chi connectivity index (χ1v) is 9.69. The van der Waals surface area contributed by atoms with Crippen molar-refractivity contribution >= 4 is 35.6 Å². The van der Waals surface area contributed by atoms with Crippen molar-refractivity contribution in [2.45, 2.75) is 70.6 Å². The summed E-state index contributed by atoms with van der Waals surface area (Å²) in [5.41, 5.74) is 10.6. The molecule has 0 aromatic heterocycles. The highest BCUT2D eigenvalue weighted by Gasteiger charge is 2.32. The van der Waals surface area contributed by atoms with Gasteiger partial charge in [0.05, 0.1) is 12.5 Å². The number of carboxylic acids is 2. The van der Waals surface area contributed by atoms with Crippen molar-refractivity contribution in [1.29, 1.82) is 0 Å². The van der Waals surface area contributed by atoms with Crippen LogP contribution in [-0.4, -0.2) is 69.9 Å². The summed E-state index contributed by atoms with van der Waals surface area (Å²) in [6, 6.07) is -5.06. The maximum atomic E-state index is 12.7. The van der Waals surface area contributed by atoms with Crippen molar-refractivity contribution < 1.29 is 39.0 Å². The number of nitrogens with two attached hydrogens (primary N) is 2. The van der Waals surface area contributed by atoms with Gasteiger partial charge in [0.15, 0.2) is 0 Å². The van der Waals surface area contributed by atoms with Gasteiger partial charge >= 0.3 is 11.9 Å². The monoisotopic (exact) mass is 445 g/mol. The van der Waals surface area contributed by atoms with Crippen molar-refractivity contribution in [1.82, 2.24) is 16.0 Å². The third-order valence-electron chi connectivity index (χ3n) is 4.51. The summed E-state index contributed by atoms with van der Waals surface area (Å²) in [5.74, 6) is -6.48. The zero-order valence-electron chi connectivity index (χ0n) is 17.7. The molecule has 9 N–H and O–H groups in total. The smallest absolute Gasteiger partial charge is 0.326 e. The molecule has 13 nitrogen and oxygen atoms in total. The van der Waals surface area contributed by atoms with Crippen LogP contribution in [0.3, 0.4) is 0 Å². The molecule has 176 valence electrons. The van der Waals surface area contributed by atoms with Crippen molar-refractivity contribution in [2.75, 3.05) is 0 Å².